The molecule has 1 aliphatic rings. The molecule has 0 N–H and O–H groups in total. The van der Waals surface area contributed by atoms with E-state index in [0.717, 1.165) is 18.7 Å². The zero-order valence-electron chi connectivity index (χ0n) is 11.2. The van der Waals surface area contributed by atoms with Gasteiger partial charge in [0, 0.05) is 4.90 Å². The first-order valence-electron chi connectivity index (χ1n) is 6.61. The van der Waals surface area contributed by atoms with Gasteiger partial charge in [0.15, 0.2) is 5.78 Å². The molecule has 1 atom stereocenters. The Balaban J connectivity index is 2.20. The standard InChI is InChI=1S/C15H21NOS/c1-12(17)15(16-10-4-3-5-11-16)13-6-8-14(18-2)9-7-13/h6-9,15H,3-5,10-11H2,1-2H3. The number of nitrogens with zero attached hydrogens (tertiary/aromatic N) is 1. The van der Waals surface area contributed by atoms with E-state index < -0.39 is 0 Å². The van der Waals surface area contributed by atoms with Gasteiger partial charge in [-0.25, -0.2) is 0 Å². The van der Waals surface area contributed by atoms with Gasteiger partial charge in [0.05, 0.1) is 6.04 Å². The van der Waals surface area contributed by atoms with Gasteiger partial charge in [0.2, 0.25) is 0 Å². The van der Waals surface area contributed by atoms with Crippen LogP contribution in [0.3, 0.4) is 0 Å². The second-order valence-corrected chi connectivity index (χ2v) is 5.76. The van der Waals surface area contributed by atoms with E-state index in [9.17, 15) is 4.79 Å². The third-order valence-electron chi connectivity index (χ3n) is 3.57. The molecular weight excluding hydrogens is 242 g/mol. The Hall–Kier alpha value is -0.800. The van der Waals surface area contributed by atoms with Crippen molar-refractivity contribution in [1.29, 1.82) is 0 Å². The lowest BCUT2D eigenvalue weighted by molar-refractivity contribution is -0.122. The summed E-state index contributed by atoms with van der Waals surface area (Å²) in [6.07, 6.45) is 5.80. The number of hydrogen-bond donors (Lipinski definition) is 0. The molecule has 0 spiro atoms. The maximum atomic E-state index is 12.0. The van der Waals surface area contributed by atoms with Crippen LogP contribution >= 0.6 is 11.8 Å². The van der Waals surface area contributed by atoms with E-state index in [1.165, 1.54) is 24.2 Å². The zero-order chi connectivity index (χ0) is 13.0. The maximum Gasteiger partial charge on any atom is 0.151 e. The molecule has 1 saturated heterocycles. The number of Topliss-reactive ketones (excluding diaryl/α,β-unsaturated/α-hetero) is 1. The first-order chi connectivity index (χ1) is 8.72. The molecule has 1 aromatic rings. The van der Waals surface area contributed by atoms with Crippen molar-refractivity contribution in [2.45, 2.75) is 37.1 Å². The summed E-state index contributed by atoms with van der Waals surface area (Å²) in [4.78, 5) is 15.5. The summed E-state index contributed by atoms with van der Waals surface area (Å²) in [5, 5.41) is 0. The van der Waals surface area contributed by atoms with E-state index in [0.29, 0.717) is 0 Å². The molecule has 0 aliphatic carbocycles. The number of rotatable bonds is 4. The number of thioether (sulfide) groups is 1. The number of carbonyl (C=O) groups is 1. The summed E-state index contributed by atoms with van der Waals surface area (Å²) in [6, 6.07) is 8.39. The number of ketones is 1. The van der Waals surface area contributed by atoms with Crippen LogP contribution in [0.4, 0.5) is 0 Å². The molecule has 98 valence electrons. The van der Waals surface area contributed by atoms with Crippen molar-refractivity contribution in [3.63, 3.8) is 0 Å². The van der Waals surface area contributed by atoms with Gasteiger partial charge in [0.25, 0.3) is 0 Å². The molecular formula is C15H21NOS. The van der Waals surface area contributed by atoms with Gasteiger partial charge in [-0.1, -0.05) is 18.6 Å². The van der Waals surface area contributed by atoms with Gasteiger partial charge < -0.3 is 0 Å². The third-order valence-corrected chi connectivity index (χ3v) is 4.32. The Morgan fingerprint density at radius 2 is 1.78 bits per heavy atom. The Morgan fingerprint density at radius 3 is 2.28 bits per heavy atom. The predicted octanol–water partition coefficient (Wildman–Crippen LogP) is 3.52. The van der Waals surface area contributed by atoms with Crippen LogP contribution in [-0.4, -0.2) is 30.0 Å². The van der Waals surface area contributed by atoms with Crippen molar-refractivity contribution in [2.24, 2.45) is 0 Å². The van der Waals surface area contributed by atoms with Crippen molar-refractivity contribution in [2.75, 3.05) is 19.3 Å². The second-order valence-electron chi connectivity index (χ2n) is 4.88. The van der Waals surface area contributed by atoms with Crippen LogP contribution in [0.5, 0.6) is 0 Å². The number of benzene rings is 1. The molecule has 3 heteroatoms. The van der Waals surface area contributed by atoms with Crippen molar-refractivity contribution >= 4 is 17.5 Å². The van der Waals surface area contributed by atoms with Crippen molar-refractivity contribution in [1.82, 2.24) is 4.90 Å². The summed E-state index contributed by atoms with van der Waals surface area (Å²) in [7, 11) is 0. The second kappa shape index (κ2) is 6.39. The van der Waals surface area contributed by atoms with Crippen molar-refractivity contribution < 1.29 is 4.79 Å². The normalized spacial score (nSPS) is 18.6. The first kappa shape index (κ1) is 13.6. The van der Waals surface area contributed by atoms with Gasteiger partial charge in [0.1, 0.15) is 0 Å². The lowest BCUT2D eigenvalue weighted by atomic mass is 9.99. The van der Waals surface area contributed by atoms with Gasteiger partial charge in [-0.15, -0.1) is 11.8 Å². The molecule has 1 fully saturated rings. The van der Waals surface area contributed by atoms with Crippen LogP contribution in [-0.2, 0) is 4.79 Å². The largest absolute Gasteiger partial charge is 0.298 e. The zero-order valence-corrected chi connectivity index (χ0v) is 12.0. The van der Waals surface area contributed by atoms with E-state index in [-0.39, 0.29) is 11.8 Å². The number of likely N-dealkylation sites (tertiary alicyclic amines) is 1. The van der Waals surface area contributed by atoms with Crippen LogP contribution in [0, 0.1) is 0 Å². The summed E-state index contributed by atoms with van der Waals surface area (Å²) in [5.74, 6) is 0.258. The molecule has 2 nitrogen and oxygen atoms in total. The smallest absolute Gasteiger partial charge is 0.151 e. The summed E-state index contributed by atoms with van der Waals surface area (Å²) >= 11 is 1.73. The number of carbonyl (C=O) groups excluding carboxylic acids is 1. The number of piperidine rings is 1. The van der Waals surface area contributed by atoms with E-state index in [1.807, 2.05) is 0 Å². The van der Waals surface area contributed by atoms with Gasteiger partial charge in [-0.2, -0.15) is 0 Å². The molecule has 18 heavy (non-hydrogen) atoms. The van der Waals surface area contributed by atoms with E-state index in [2.05, 4.69) is 35.4 Å². The summed E-state index contributed by atoms with van der Waals surface area (Å²) in [6.45, 7) is 3.81. The van der Waals surface area contributed by atoms with E-state index in [4.69, 9.17) is 0 Å². The van der Waals surface area contributed by atoms with Gasteiger partial charge in [-0.3, -0.25) is 9.69 Å². The quantitative estimate of drug-likeness (QED) is 0.775. The molecule has 1 unspecified atom stereocenters. The monoisotopic (exact) mass is 263 g/mol. The Labute approximate surface area is 114 Å². The van der Waals surface area contributed by atoms with Gasteiger partial charge in [-0.05, 0) is 56.8 Å². The molecule has 0 amide bonds. The average Bonchev–Trinajstić information content (AvgIpc) is 2.40. The average molecular weight is 263 g/mol. The fraction of sp³-hybridized carbons (Fsp3) is 0.533. The Bertz CT molecular complexity index is 395. The van der Waals surface area contributed by atoms with Crippen LogP contribution in [0.2, 0.25) is 0 Å². The van der Waals surface area contributed by atoms with Gasteiger partial charge >= 0.3 is 0 Å². The molecule has 1 aliphatic heterocycles. The number of hydrogen-bond acceptors (Lipinski definition) is 3. The predicted molar refractivity (Wildman–Crippen MR) is 77.1 cm³/mol. The van der Waals surface area contributed by atoms with E-state index in [1.54, 1.807) is 18.7 Å². The van der Waals surface area contributed by atoms with Crippen molar-refractivity contribution in [3.8, 4) is 0 Å². The molecule has 0 radical (unpaired) electrons. The van der Waals surface area contributed by atoms with E-state index >= 15 is 0 Å². The molecule has 1 aromatic carbocycles. The van der Waals surface area contributed by atoms with Crippen LogP contribution in [0.15, 0.2) is 29.2 Å². The highest BCUT2D eigenvalue weighted by molar-refractivity contribution is 7.98. The highest BCUT2D eigenvalue weighted by atomic mass is 32.2. The highest BCUT2D eigenvalue weighted by Gasteiger charge is 2.25. The fourth-order valence-corrected chi connectivity index (χ4v) is 3.07. The summed E-state index contributed by atoms with van der Waals surface area (Å²) in [5.41, 5.74) is 1.14. The van der Waals surface area contributed by atoms with Crippen molar-refractivity contribution in [3.05, 3.63) is 29.8 Å². The minimum Gasteiger partial charge on any atom is -0.298 e. The van der Waals surface area contributed by atoms with Crippen LogP contribution < -0.4 is 0 Å². The minimum absolute atomic E-state index is 0.0405. The molecule has 1 heterocycles. The lowest BCUT2D eigenvalue weighted by Crippen LogP contribution is -2.37. The fourth-order valence-electron chi connectivity index (χ4n) is 2.67. The minimum atomic E-state index is -0.0405. The molecule has 0 saturated carbocycles. The Morgan fingerprint density at radius 1 is 1.17 bits per heavy atom. The molecule has 0 aromatic heterocycles. The topological polar surface area (TPSA) is 20.3 Å². The lowest BCUT2D eigenvalue weighted by Gasteiger charge is -2.33. The third kappa shape index (κ3) is 3.15. The SMILES string of the molecule is CSc1ccc(C(C(C)=O)N2CCCCC2)cc1. The van der Waals surface area contributed by atoms with Crippen LogP contribution in [0.1, 0.15) is 37.8 Å². The molecule has 0 bridgehead atoms. The Kier molecular flexibility index (Phi) is 4.84. The summed E-state index contributed by atoms with van der Waals surface area (Å²) < 4.78 is 0. The first-order valence-corrected chi connectivity index (χ1v) is 7.83. The maximum absolute atomic E-state index is 12.0. The highest BCUT2D eigenvalue weighted by Crippen LogP contribution is 2.27. The van der Waals surface area contributed by atoms with Crippen LogP contribution in [0.25, 0.3) is 0 Å². The molecule has 2 rings (SSSR count).